The first-order chi connectivity index (χ1) is 15.0. The van der Waals surface area contributed by atoms with Crippen molar-refractivity contribution in [3.05, 3.63) is 76.1 Å². The van der Waals surface area contributed by atoms with Gasteiger partial charge in [0.05, 0.1) is 22.4 Å². The van der Waals surface area contributed by atoms with Crippen LogP contribution in [0.25, 0.3) is 0 Å². The minimum Gasteiger partial charge on any atom is -0.379 e. The van der Waals surface area contributed by atoms with Crippen LogP contribution in [0.15, 0.2) is 54.6 Å². The van der Waals surface area contributed by atoms with Gasteiger partial charge < -0.3 is 5.32 Å². The number of carbonyl (C=O) groups is 2. The Morgan fingerprint density at radius 2 is 1.74 bits per heavy atom. The van der Waals surface area contributed by atoms with Gasteiger partial charge in [-0.15, -0.1) is 0 Å². The lowest BCUT2D eigenvalue weighted by Crippen LogP contribution is -2.32. The molecule has 2 aromatic carbocycles. The van der Waals surface area contributed by atoms with Crippen LogP contribution in [0, 0.1) is 39.6 Å². The fraction of sp³-hybridized carbons (Fsp3) is 0.304. The molecule has 2 aliphatic carbocycles. The highest BCUT2D eigenvalue weighted by Gasteiger charge is 2.59. The minimum atomic E-state index is -0.550. The van der Waals surface area contributed by atoms with Gasteiger partial charge in [0.25, 0.3) is 5.69 Å². The third-order valence-corrected chi connectivity index (χ3v) is 6.57. The van der Waals surface area contributed by atoms with Gasteiger partial charge in [-0.3, -0.25) is 19.7 Å². The molecule has 0 radical (unpaired) electrons. The molecule has 8 heteroatoms. The highest BCUT2D eigenvalue weighted by atomic mass is 19.1. The molecule has 1 N–H and O–H groups in total. The molecule has 1 heterocycles. The number of halogens is 1. The van der Waals surface area contributed by atoms with E-state index in [1.807, 2.05) is 12.2 Å². The molecule has 158 valence electrons. The Morgan fingerprint density at radius 1 is 1.06 bits per heavy atom. The zero-order valence-corrected chi connectivity index (χ0v) is 16.5. The first kappa shape index (κ1) is 19.4. The summed E-state index contributed by atoms with van der Waals surface area (Å²) in [5.41, 5.74) is 0.753. The monoisotopic (exact) mass is 421 g/mol. The van der Waals surface area contributed by atoms with Crippen LogP contribution < -0.4 is 10.2 Å². The average Bonchev–Trinajstić information content (AvgIpc) is 3.43. The Morgan fingerprint density at radius 3 is 2.39 bits per heavy atom. The number of hydrogen-bond acceptors (Lipinski definition) is 5. The topological polar surface area (TPSA) is 92.6 Å². The van der Waals surface area contributed by atoms with E-state index in [9.17, 15) is 24.1 Å². The fourth-order valence-corrected chi connectivity index (χ4v) is 5.15. The number of fused-ring (bicyclic) bond motifs is 5. The Labute approximate surface area is 177 Å². The molecule has 0 spiro atoms. The van der Waals surface area contributed by atoms with E-state index in [0.717, 1.165) is 11.3 Å². The summed E-state index contributed by atoms with van der Waals surface area (Å²) in [5.74, 6) is -1.45. The van der Waals surface area contributed by atoms with Gasteiger partial charge in [-0.2, -0.15) is 0 Å². The van der Waals surface area contributed by atoms with E-state index in [0.29, 0.717) is 18.5 Å². The molecule has 4 atom stereocenters. The first-order valence-electron chi connectivity index (χ1n) is 10.3. The molecule has 0 aromatic heterocycles. The van der Waals surface area contributed by atoms with Gasteiger partial charge in [0.15, 0.2) is 0 Å². The fourth-order valence-electron chi connectivity index (χ4n) is 5.15. The van der Waals surface area contributed by atoms with Crippen molar-refractivity contribution < 1.29 is 18.9 Å². The van der Waals surface area contributed by atoms with Crippen LogP contribution in [0.5, 0.6) is 0 Å². The highest BCUT2D eigenvalue weighted by molar-refractivity contribution is 6.23. The van der Waals surface area contributed by atoms with Gasteiger partial charge in [0.1, 0.15) is 11.5 Å². The molecule has 2 fully saturated rings. The predicted molar refractivity (Wildman–Crippen MR) is 112 cm³/mol. The lowest BCUT2D eigenvalue weighted by molar-refractivity contribution is -0.383. The van der Waals surface area contributed by atoms with Crippen LogP contribution in [0.3, 0.4) is 0 Å². The van der Waals surface area contributed by atoms with Gasteiger partial charge in [-0.25, -0.2) is 9.29 Å². The second-order valence-corrected chi connectivity index (χ2v) is 8.24. The second-order valence-electron chi connectivity index (χ2n) is 8.24. The van der Waals surface area contributed by atoms with Gasteiger partial charge in [0.2, 0.25) is 11.8 Å². The maximum atomic E-state index is 13.8. The summed E-state index contributed by atoms with van der Waals surface area (Å²) in [7, 11) is 0. The third-order valence-electron chi connectivity index (χ3n) is 6.57. The molecule has 7 nitrogen and oxygen atoms in total. The summed E-state index contributed by atoms with van der Waals surface area (Å²) in [6, 6.07) is 10.7. The molecule has 2 aromatic rings. The largest absolute Gasteiger partial charge is 0.379 e. The summed E-state index contributed by atoms with van der Waals surface area (Å²) < 4.78 is 13.8. The Kier molecular flexibility index (Phi) is 4.57. The maximum absolute atomic E-state index is 13.8. The van der Waals surface area contributed by atoms with Crippen LogP contribution in [0.2, 0.25) is 0 Å². The number of anilines is 2. The van der Waals surface area contributed by atoms with E-state index < -0.39 is 4.92 Å². The van der Waals surface area contributed by atoms with Crippen LogP contribution in [0.4, 0.5) is 21.5 Å². The molecule has 2 amide bonds. The number of amides is 2. The van der Waals surface area contributed by atoms with Crippen molar-refractivity contribution >= 4 is 28.9 Å². The van der Waals surface area contributed by atoms with E-state index in [-0.39, 0.29) is 58.4 Å². The van der Waals surface area contributed by atoms with E-state index in [4.69, 9.17) is 0 Å². The van der Waals surface area contributed by atoms with Gasteiger partial charge in [-0.05, 0) is 48.4 Å². The number of nitro benzene ring substituents is 1. The number of hydrogen-bond donors (Lipinski definition) is 1. The van der Waals surface area contributed by atoms with E-state index in [2.05, 4.69) is 5.32 Å². The van der Waals surface area contributed by atoms with Crippen molar-refractivity contribution in [1.29, 1.82) is 0 Å². The molecule has 31 heavy (non-hydrogen) atoms. The Balaban J connectivity index is 1.36. The molecule has 0 unspecified atom stereocenters. The van der Waals surface area contributed by atoms with Crippen molar-refractivity contribution in [3.8, 4) is 0 Å². The number of allylic oxidation sites excluding steroid dienone is 2. The zero-order valence-electron chi connectivity index (χ0n) is 16.5. The van der Waals surface area contributed by atoms with Gasteiger partial charge >= 0.3 is 0 Å². The molecular formula is C23H20FN3O4. The molecule has 2 bridgehead atoms. The number of nitrogens with one attached hydrogen (secondary N) is 1. The quantitative estimate of drug-likeness (QED) is 0.332. The summed E-state index contributed by atoms with van der Waals surface area (Å²) in [6.07, 6.45) is 5.19. The molecule has 1 saturated carbocycles. The zero-order chi connectivity index (χ0) is 21.7. The van der Waals surface area contributed by atoms with Crippen LogP contribution in [0.1, 0.15) is 12.0 Å². The van der Waals surface area contributed by atoms with Crippen molar-refractivity contribution in [3.63, 3.8) is 0 Å². The standard InChI is InChI=1S/C23H20FN3O4/c24-17-4-2-1-3-13(17)9-10-25-18-8-7-16(12-19(18)27(30)31)26-22(28)20-14-5-6-15(11-14)21(20)23(26)29/h1-8,12,14-15,20-21,25H,9-11H2/t14-,15-,20+,21+/m0/s1. The lowest BCUT2D eigenvalue weighted by Gasteiger charge is -2.18. The number of nitro groups is 1. The number of carbonyl (C=O) groups excluding carboxylic acids is 2. The number of imide groups is 1. The summed E-state index contributed by atoms with van der Waals surface area (Å²) in [6.45, 7) is 0.294. The van der Waals surface area contributed by atoms with Crippen molar-refractivity contribution in [2.24, 2.45) is 23.7 Å². The van der Waals surface area contributed by atoms with Gasteiger partial charge in [0, 0.05) is 12.6 Å². The third kappa shape index (κ3) is 3.10. The number of benzene rings is 2. The second kappa shape index (κ2) is 7.30. The highest BCUT2D eigenvalue weighted by Crippen LogP contribution is 2.53. The maximum Gasteiger partial charge on any atom is 0.294 e. The van der Waals surface area contributed by atoms with Crippen LogP contribution in [-0.4, -0.2) is 23.3 Å². The molecule has 1 aliphatic heterocycles. The van der Waals surface area contributed by atoms with Gasteiger partial charge in [-0.1, -0.05) is 30.4 Å². The minimum absolute atomic E-state index is 0.0748. The van der Waals surface area contributed by atoms with Crippen molar-refractivity contribution in [2.75, 3.05) is 16.8 Å². The predicted octanol–water partition coefficient (Wildman–Crippen LogP) is 3.70. The molecule has 1 saturated heterocycles. The van der Waals surface area contributed by atoms with E-state index >= 15 is 0 Å². The molecule has 3 aliphatic rings. The SMILES string of the molecule is O=C1[C@H]2[C@H](C(=O)N1c1ccc(NCCc3ccccc3F)c([N+](=O)[O-])c1)[C@H]1C=C[C@H]2C1. The average molecular weight is 421 g/mol. The lowest BCUT2D eigenvalue weighted by atomic mass is 9.85. The normalized spacial score (nSPS) is 25.9. The number of nitrogens with zero attached hydrogens (tertiary/aromatic N) is 2. The van der Waals surface area contributed by atoms with Crippen LogP contribution >= 0.6 is 0 Å². The van der Waals surface area contributed by atoms with Crippen molar-refractivity contribution in [2.45, 2.75) is 12.8 Å². The van der Waals surface area contributed by atoms with E-state index in [1.54, 1.807) is 24.3 Å². The summed E-state index contributed by atoms with van der Waals surface area (Å²) >= 11 is 0. The molecule has 5 rings (SSSR count). The van der Waals surface area contributed by atoms with E-state index in [1.165, 1.54) is 18.2 Å². The summed E-state index contributed by atoms with van der Waals surface area (Å²) in [5, 5.41) is 14.6. The van der Waals surface area contributed by atoms with Crippen LogP contribution in [-0.2, 0) is 16.0 Å². The smallest absolute Gasteiger partial charge is 0.294 e. The molecular weight excluding hydrogens is 401 g/mol. The first-order valence-corrected chi connectivity index (χ1v) is 10.3. The number of rotatable bonds is 6. The Hall–Kier alpha value is -3.55. The Bertz CT molecular complexity index is 1100. The summed E-state index contributed by atoms with van der Waals surface area (Å²) in [4.78, 5) is 38.1. The van der Waals surface area contributed by atoms with Crippen molar-refractivity contribution in [1.82, 2.24) is 0 Å².